The largest absolute Gasteiger partial charge is 0.326 e. The van der Waals surface area contributed by atoms with Crippen molar-refractivity contribution in [3.63, 3.8) is 0 Å². The number of amides is 1. The van der Waals surface area contributed by atoms with Crippen LogP contribution in [0.15, 0.2) is 0 Å². The van der Waals surface area contributed by atoms with E-state index in [4.69, 9.17) is 5.26 Å². The average molecular weight is 236 g/mol. The minimum absolute atomic E-state index is 0.138. The van der Waals surface area contributed by atoms with Crippen LogP contribution in [0, 0.1) is 17.2 Å². The number of hydrogen-bond acceptors (Lipinski definition) is 2. The molecule has 0 radical (unpaired) electrons. The summed E-state index contributed by atoms with van der Waals surface area (Å²) in [4.78, 5) is 14.3. The van der Waals surface area contributed by atoms with Crippen molar-refractivity contribution in [2.45, 2.75) is 64.8 Å². The van der Waals surface area contributed by atoms with Crippen LogP contribution in [-0.2, 0) is 4.79 Å². The topological polar surface area (TPSA) is 44.1 Å². The molecule has 0 aliphatic carbocycles. The van der Waals surface area contributed by atoms with Crippen molar-refractivity contribution in [1.82, 2.24) is 4.90 Å². The maximum absolute atomic E-state index is 12.4. The summed E-state index contributed by atoms with van der Waals surface area (Å²) in [5.41, 5.74) is 0. The van der Waals surface area contributed by atoms with E-state index >= 15 is 0 Å². The molecule has 96 valence electrons. The lowest BCUT2D eigenvalue weighted by atomic mass is 9.94. The standard InChI is InChI=1S/C14H24N2O/c1-3-7-12(8-4-2)14(17)16-10-6-5-9-13(16)11-15/h12-13H,3-10H2,1-2H3. The molecule has 1 atom stereocenters. The van der Waals surface area contributed by atoms with Gasteiger partial charge in [0, 0.05) is 12.5 Å². The van der Waals surface area contributed by atoms with Gasteiger partial charge < -0.3 is 4.90 Å². The van der Waals surface area contributed by atoms with Gasteiger partial charge >= 0.3 is 0 Å². The molecule has 1 fully saturated rings. The van der Waals surface area contributed by atoms with Gasteiger partial charge in [0.05, 0.1) is 6.07 Å². The lowest BCUT2D eigenvalue weighted by Gasteiger charge is -2.34. The first-order valence-electron chi connectivity index (χ1n) is 6.94. The first kappa shape index (κ1) is 14.0. The van der Waals surface area contributed by atoms with E-state index < -0.39 is 0 Å². The van der Waals surface area contributed by atoms with Crippen LogP contribution >= 0.6 is 0 Å². The lowest BCUT2D eigenvalue weighted by molar-refractivity contribution is -0.138. The SMILES string of the molecule is CCCC(CCC)C(=O)N1CCCCC1C#N. The zero-order chi connectivity index (χ0) is 12.7. The fourth-order valence-corrected chi connectivity index (χ4v) is 2.65. The van der Waals surface area contributed by atoms with Gasteiger partial charge in [-0.2, -0.15) is 5.26 Å². The van der Waals surface area contributed by atoms with Gasteiger partial charge in [0.25, 0.3) is 0 Å². The summed E-state index contributed by atoms with van der Waals surface area (Å²) >= 11 is 0. The molecule has 3 heteroatoms. The zero-order valence-corrected chi connectivity index (χ0v) is 11.1. The highest BCUT2D eigenvalue weighted by molar-refractivity contribution is 5.79. The number of nitrogens with zero attached hydrogens (tertiary/aromatic N) is 2. The van der Waals surface area contributed by atoms with E-state index in [0.717, 1.165) is 51.5 Å². The van der Waals surface area contributed by atoms with E-state index in [1.54, 1.807) is 0 Å². The Morgan fingerprint density at radius 1 is 1.35 bits per heavy atom. The van der Waals surface area contributed by atoms with Crippen molar-refractivity contribution in [2.24, 2.45) is 5.92 Å². The second kappa shape index (κ2) is 7.32. The quantitative estimate of drug-likeness (QED) is 0.736. The molecule has 0 aromatic carbocycles. The summed E-state index contributed by atoms with van der Waals surface area (Å²) in [6, 6.07) is 2.11. The Morgan fingerprint density at radius 2 is 2.00 bits per heavy atom. The lowest BCUT2D eigenvalue weighted by Crippen LogP contribution is -2.45. The highest BCUT2D eigenvalue weighted by Gasteiger charge is 2.30. The molecule has 0 saturated carbocycles. The van der Waals surface area contributed by atoms with Crippen molar-refractivity contribution in [3.8, 4) is 6.07 Å². The van der Waals surface area contributed by atoms with E-state index in [1.165, 1.54) is 0 Å². The van der Waals surface area contributed by atoms with Crippen LogP contribution in [0.5, 0.6) is 0 Å². The molecule has 1 unspecified atom stereocenters. The molecule has 17 heavy (non-hydrogen) atoms. The number of piperidine rings is 1. The van der Waals surface area contributed by atoms with Crippen LogP contribution in [-0.4, -0.2) is 23.4 Å². The summed E-state index contributed by atoms with van der Waals surface area (Å²) in [5.74, 6) is 0.360. The smallest absolute Gasteiger partial charge is 0.226 e. The molecule has 1 aliphatic rings. The summed E-state index contributed by atoms with van der Waals surface area (Å²) in [5, 5.41) is 9.11. The van der Waals surface area contributed by atoms with Gasteiger partial charge in [-0.05, 0) is 32.1 Å². The number of nitriles is 1. The van der Waals surface area contributed by atoms with Crippen molar-refractivity contribution in [1.29, 1.82) is 5.26 Å². The van der Waals surface area contributed by atoms with Gasteiger partial charge in [-0.25, -0.2) is 0 Å². The van der Waals surface area contributed by atoms with Crippen LogP contribution in [0.2, 0.25) is 0 Å². The molecule has 1 heterocycles. The Kier molecular flexibility index (Phi) is 6.04. The molecule has 0 aromatic rings. The molecule has 0 spiro atoms. The van der Waals surface area contributed by atoms with Crippen molar-refractivity contribution < 1.29 is 4.79 Å². The normalized spacial score (nSPS) is 20.4. The van der Waals surface area contributed by atoms with Crippen molar-refractivity contribution >= 4 is 5.91 Å². The minimum atomic E-state index is -0.174. The molecule has 1 rings (SSSR count). The second-order valence-corrected chi connectivity index (χ2v) is 4.95. The fraction of sp³-hybridized carbons (Fsp3) is 0.857. The third-order valence-corrected chi connectivity index (χ3v) is 3.56. The zero-order valence-electron chi connectivity index (χ0n) is 11.1. The highest BCUT2D eigenvalue weighted by Crippen LogP contribution is 2.23. The van der Waals surface area contributed by atoms with Gasteiger partial charge in [0.15, 0.2) is 0 Å². The molecule has 1 saturated heterocycles. The van der Waals surface area contributed by atoms with Gasteiger partial charge in [-0.1, -0.05) is 26.7 Å². The summed E-state index contributed by atoms with van der Waals surface area (Å²) in [6.07, 6.45) is 6.99. The molecule has 3 nitrogen and oxygen atoms in total. The van der Waals surface area contributed by atoms with Crippen LogP contribution in [0.3, 0.4) is 0 Å². The first-order valence-corrected chi connectivity index (χ1v) is 6.94. The van der Waals surface area contributed by atoms with Gasteiger partial charge in [0.1, 0.15) is 6.04 Å². The molecule has 0 aromatic heterocycles. The Balaban J connectivity index is 2.67. The van der Waals surface area contributed by atoms with E-state index in [0.29, 0.717) is 0 Å². The number of carbonyl (C=O) groups excluding carboxylic acids is 1. The monoisotopic (exact) mass is 236 g/mol. The molecule has 1 aliphatic heterocycles. The molecule has 1 amide bonds. The van der Waals surface area contributed by atoms with E-state index in [2.05, 4.69) is 19.9 Å². The van der Waals surface area contributed by atoms with Crippen molar-refractivity contribution in [3.05, 3.63) is 0 Å². The Morgan fingerprint density at radius 3 is 2.53 bits per heavy atom. The summed E-state index contributed by atoms with van der Waals surface area (Å²) in [7, 11) is 0. The minimum Gasteiger partial charge on any atom is -0.326 e. The summed E-state index contributed by atoms with van der Waals surface area (Å²) < 4.78 is 0. The Bertz CT molecular complexity index is 276. The van der Waals surface area contributed by atoms with E-state index in [-0.39, 0.29) is 17.9 Å². The second-order valence-electron chi connectivity index (χ2n) is 4.95. The van der Waals surface area contributed by atoms with Crippen LogP contribution in [0.4, 0.5) is 0 Å². The van der Waals surface area contributed by atoms with Crippen LogP contribution in [0.25, 0.3) is 0 Å². The number of carbonyl (C=O) groups is 1. The predicted molar refractivity (Wildman–Crippen MR) is 68.3 cm³/mol. The number of likely N-dealkylation sites (tertiary alicyclic amines) is 1. The van der Waals surface area contributed by atoms with Crippen molar-refractivity contribution in [2.75, 3.05) is 6.54 Å². The van der Waals surface area contributed by atoms with Gasteiger partial charge in [0.2, 0.25) is 5.91 Å². The number of hydrogen-bond donors (Lipinski definition) is 0. The number of rotatable bonds is 5. The Hall–Kier alpha value is -1.04. The van der Waals surface area contributed by atoms with Crippen LogP contribution < -0.4 is 0 Å². The predicted octanol–water partition coefficient (Wildman–Crippen LogP) is 3.11. The van der Waals surface area contributed by atoms with Gasteiger partial charge in [-0.15, -0.1) is 0 Å². The van der Waals surface area contributed by atoms with E-state index in [9.17, 15) is 4.79 Å². The molecule has 0 bridgehead atoms. The fourth-order valence-electron chi connectivity index (χ4n) is 2.65. The van der Waals surface area contributed by atoms with Crippen LogP contribution in [0.1, 0.15) is 58.8 Å². The van der Waals surface area contributed by atoms with Gasteiger partial charge in [-0.3, -0.25) is 4.79 Å². The van der Waals surface area contributed by atoms with E-state index in [1.807, 2.05) is 4.90 Å². The maximum Gasteiger partial charge on any atom is 0.226 e. The Labute approximate surface area is 105 Å². The third kappa shape index (κ3) is 3.73. The molecule has 0 N–H and O–H groups in total. The third-order valence-electron chi connectivity index (χ3n) is 3.56. The maximum atomic E-state index is 12.4. The highest BCUT2D eigenvalue weighted by atomic mass is 16.2. The molecular formula is C14H24N2O. The summed E-state index contributed by atoms with van der Waals surface area (Å²) in [6.45, 7) is 5.02. The first-order chi connectivity index (χ1) is 8.24. The average Bonchev–Trinajstić information content (AvgIpc) is 2.37. The molecular weight excluding hydrogens is 212 g/mol.